The van der Waals surface area contributed by atoms with E-state index in [9.17, 15) is 0 Å². The molecule has 0 bridgehead atoms. The number of rotatable bonds is 2. The van der Waals surface area contributed by atoms with Gasteiger partial charge in [-0.15, -0.1) is 0 Å². The van der Waals surface area contributed by atoms with E-state index in [0.717, 1.165) is 11.4 Å². The molecule has 0 amide bonds. The molecule has 4 N–H and O–H groups in total. The Bertz CT molecular complexity index is 434. The molecule has 0 saturated carbocycles. The van der Waals surface area contributed by atoms with Gasteiger partial charge in [0.05, 0.1) is 5.69 Å². The third-order valence-electron chi connectivity index (χ3n) is 2.46. The van der Waals surface area contributed by atoms with Crippen molar-refractivity contribution in [3.63, 3.8) is 0 Å². The van der Waals surface area contributed by atoms with Gasteiger partial charge >= 0.3 is 0 Å². The van der Waals surface area contributed by atoms with Crippen LogP contribution in [0.4, 0.5) is 5.69 Å². The zero-order chi connectivity index (χ0) is 13.1. The molecule has 17 heavy (non-hydrogen) atoms. The van der Waals surface area contributed by atoms with Crippen LogP contribution in [0.1, 0.15) is 26.3 Å². The van der Waals surface area contributed by atoms with E-state index in [1.54, 1.807) is 6.08 Å². The standard InChI is InChI=1S/C14H21N3/c1-10-5-7-11(8-6-10)17-13(16)9-12(15)14(2,3)4/h5-9H,15H2,1-4H3,(H2,16,17). The van der Waals surface area contributed by atoms with Crippen LogP contribution in [0, 0.1) is 12.3 Å². The summed E-state index contributed by atoms with van der Waals surface area (Å²) in [4.78, 5) is 4.29. The van der Waals surface area contributed by atoms with Crippen LogP contribution in [0.3, 0.4) is 0 Å². The Balaban J connectivity index is 2.90. The van der Waals surface area contributed by atoms with Crippen molar-refractivity contribution in [2.24, 2.45) is 21.9 Å². The molecule has 0 aromatic heterocycles. The first-order valence-electron chi connectivity index (χ1n) is 5.67. The molecule has 0 aliphatic rings. The second-order valence-corrected chi connectivity index (χ2v) is 5.22. The largest absolute Gasteiger partial charge is 0.401 e. The number of hydrogen-bond acceptors (Lipinski definition) is 2. The van der Waals surface area contributed by atoms with Gasteiger partial charge in [-0.1, -0.05) is 38.5 Å². The Morgan fingerprint density at radius 3 is 2.12 bits per heavy atom. The van der Waals surface area contributed by atoms with E-state index in [1.165, 1.54) is 5.56 Å². The fraction of sp³-hybridized carbons (Fsp3) is 0.357. The molecule has 0 unspecified atom stereocenters. The maximum absolute atomic E-state index is 5.93. The molecule has 0 aliphatic heterocycles. The Kier molecular flexibility index (Phi) is 3.94. The number of nitrogens with zero attached hydrogens (tertiary/aromatic N) is 1. The van der Waals surface area contributed by atoms with Crippen LogP contribution in [0.25, 0.3) is 0 Å². The normalized spacial score (nSPS) is 13.9. The zero-order valence-corrected chi connectivity index (χ0v) is 11.0. The zero-order valence-electron chi connectivity index (χ0n) is 11.0. The minimum Gasteiger partial charge on any atom is -0.401 e. The fourth-order valence-corrected chi connectivity index (χ4v) is 1.18. The van der Waals surface area contributed by atoms with Crippen LogP contribution in [0.15, 0.2) is 41.0 Å². The molecule has 1 aromatic rings. The van der Waals surface area contributed by atoms with Gasteiger partial charge in [-0.05, 0) is 25.1 Å². The van der Waals surface area contributed by atoms with Crippen LogP contribution in [-0.2, 0) is 0 Å². The lowest BCUT2D eigenvalue weighted by Crippen LogP contribution is -2.20. The predicted molar refractivity (Wildman–Crippen MR) is 74.2 cm³/mol. The van der Waals surface area contributed by atoms with Crippen molar-refractivity contribution >= 4 is 11.5 Å². The number of amidine groups is 1. The van der Waals surface area contributed by atoms with E-state index >= 15 is 0 Å². The average Bonchev–Trinajstić information content (AvgIpc) is 2.20. The summed E-state index contributed by atoms with van der Waals surface area (Å²) in [6, 6.07) is 7.87. The monoisotopic (exact) mass is 231 g/mol. The van der Waals surface area contributed by atoms with Crippen molar-refractivity contribution in [1.82, 2.24) is 0 Å². The van der Waals surface area contributed by atoms with E-state index in [0.29, 0.717) is 5.84 Å². The quantitative estimate of drug-likeness (QED) is 0.607. The number of nitrogens with two attached hydrogens (primary N) is 2. The van der Waals surface area contributed by atoms with E-state index < -0.39 is 0 Å². The third kappa shape index (κ3) is 4.31. The molecule has 0 atom stereocenters. The lowest BCUT2D eigenvalue weighted by molar-refractivity contribution is 0.498. The van der Waals surface area contributed by atoms with Crippen molar-refractivity contribution in [2.45, 2.75) is 27.7 Å². The number of aliphatic imine (C=N–C) groups is 1. The summed E-state index contributed by atoms with van der Waals surface area (Å²) in [7, 11) is 0. The first-order valence-corrected chi connectivity index (χ1v) is 5.67. The van der Waals surface area contributed by atoms with Gasteiger partial charge in [0.1, 0.15) is 5.84 Å². The maximum Gasteiger partial charge on any atom is 0.125 e. The van der Waals surface area contributed by atoms with Crippen LogP contribution in [-0.4, -0.2) is 5.84 Å². The molecule has 0 spiro atoms. The molecule has 1 rings (SSSR count). The molecule has 92 valence electrons. The first kappa shape index (κ1) is 13.3. The van der Waals surface area contributed by atoms with Gasteiger partial charge in [-0.2, -0.15) is 0 Å². The summed E-state index contributed by atoms with van der Waals surface area (Å²) in [6.45, 7) is 8.16. The summed E-state index contributed by atoms with van der Waals surface area (Å²) < 4.78 is 0. The van der Waals surface area contributed by atoms with Crippen molar-refractivity contribution < 1.29 is 0 Å². The van der Waals surface area contributed by atoms with Crippen LogP contribution in [0.2, 0.25) is 0 Å². The minimum absolute atomic E-state index is 0.0899. The van der Waals surface area contributed by atoms with Gasteiger partial charge in [0.15, 0.2) is 0 Å². The Labute approximate surface area is 103 Å². The van der Waals surface area contributed by atoms with Crippen molar-refractivity contribution in [3.8, 4) is 0 Å². The van der Waals surface area contributed by atoms with E-state index in [1.807, 2.05) is 52.0 Å². The lowest BCUT2D eigenvalue weighted by Gasteiger charge is -2.18. The Hall–Kier alpha value is -1.77. The van der Waals surface area contributed by atoms with Gasteiger partial charge in [0, 0.05) is 11.1 Å². The molecule has 3 nitrogen and oxygen atoms in total. The highest BCUT2D eigenvalue weighted by molar-refractivity contribution is 5.93. The topological polar surface area (TPSA) is 64.4 Å². The predicted octanol–water partition coefficient (Wildman–Crippen LogP) is 2.87. The first-order chi connectivity index (χ1) is 7.79. The van der Waals surface area contributed by atoms with Crippen LogP contribution in [0.5, 0.6) is 0 Å². The molecule has 0 radical (unpaired) electrons. The van der Waals surface area contributed by atoms with Crippen molar-refractivity contribution in [3.05, 3.63) is 41.6 Å². The molecule has 0 saturated heterocycles. The Morgan fingerprint density at radius 2 is 1.65 bits per heavy atom. The summed E-state index contributed by atoms with van der Waals surface area (Å²) in [5.41, 5.74) is 14.4. The number of hydrogen-bond donors (Lipinski definition) is 2. The summed E-state index contributed by atoms with van der Waals surface area (Å²) >= 11 is 0. The number of benzene rings is 1. The maximum atomic E-state index is 5.93. The van der Waals surface area contributed by atoms with E-state index in [-0.39, 0.29) is 5.41 Å². The van der Waals surface area contributed by atoms with E-state index in [2.05, 4.69) is 4.99 Å². The summed E-state index contributed by atoms with van der Waals surface area (Å²) in [6.07, 6.45) is 1.72. The number of allylic oxidation sites excluding steroid dienone is 1. The molecular weight excluding hydrogens is 210 g/mol. The highest BCUT2D eigenvalue weighted by Gasteiger charge is 2.13. The smallest absolute Gasteiger partial charge is 0.125 e. The van der Waals surface area contributed by atoms with Gasteiger partial charge in [-0.3, -0.25) is 0 Å². The number of aryl methyl sites for hydroxylation is 1. The molecular formula is C14H21N3. The Morgan fingerprint density at radius 1 is 1.12 bits per heavy atom. The molecule has 3 heteroatoms. The SMILES string of the molecule is Cc1ccc(N=C(N)C=C(N)C(C)(C)C)cc1. The van der Waals surface area contributed by atoms with Crippen LogP contribution >= 0.6 is 0 Å². The minimum atomic E-state index is -0.0899. The molecule has 0 aliphatic carbocycles. The summed E-state index contributed by atoms with van der Waals surface area (Å²) in [5, 5.41) is 0. The highest BCUT2D eigenvalue weighted by atomic mass is 14.9. The van der Waals surface area contributed by atoms with Gasteiger partial charge in [0.2, 0.25) is 0 Å². The van der Waals surface area contributed by atoms with E-state index in [4.69, 9.17) is 11.5 Å². The van der Waals surface area contributed by atoms with Crippen molar-refractivity contribution in [2.75, 3.05) is 0 Å². The van der Waals surface area contributed by atoms with Gasteiger partial charge in [-0.25, -0.2) is 4.99 Å². The highest BCUT2D eigenvalue weighted by Crippen LogP contribution is 2.20. The lowest BCUT2D eigenvalue weighted by atomic mass is 9.92. The second kappa shape index (κ2) is 5.04. The van der Waals surface area contributed by atoms with Crippen molar-refractivity contribution in [1.29, 1.82) is 0 Å². The molecule has 0 heterocycles. The molecule has 0 fully saturated rings. The average molecular weight is 231 g/mol. The van der Waals surface area contributed by atoms with Crippen LogP contribution < -0.4 is 11.5 Å². The fourth-order valence-electron chi connectivity index (χ4n) is 1.18. The van der Waals surface area contributed by atoms with Gasteiger partial charge in [0.25, 0.3) is 0 Å². The molecule has 1 aromatic carbocycles. The second-order valence-electron chi connectivity index (χ2n) is 5.22. The summed E-state index contributed by atoms with van der Waals surface area (Å²) in [5.74, 6) is 0.432. The van der Waals surface area contributed by atoms with Gasteiger partial charge < -0.3 is 11.5 Å². The third-order valence-corrected chi connectivity index (χ3v) is 2.46.